The number of carbonyl (C=O) groups is 1. The Kier molecular flexibility index (Phi) is 6.86. The second-order valence-corrected chi connectivity index (χ2v) is 8.12. The van der Waals surface area contributed by atoms with Gasteiger partial charge in [0.05, 0.1) is 10.6 Å². The standard InChI is InChI=1S/C19H23N3O3S.ClH/c1-14-7-8-16(13-17(14)19(23)22-11-9-20-10-12-22)26(24,25)21-18-6-4-3-5-15(18)2;/h3-8,13,20-21H,9-12H2,1-2H3;1H. The van der Waals surface area contributed by atoms with Crippen LogP contribution in [0.1, 0.15) is 21.5 Å². The van der Waals surface area contributed by atoms with Gasteiger partial charge in [0.2, 0.25) is 0 Å². The third-order valence-corrected chi connectivity index (χ3v) is 5.91. The number of halogens is 1. The Morgan fingerprint density at radius 1 is 1.04 bits per heavy atom. The molecular formula is C19H24ClN3O3S. The van der Waals surface area contributed by atoms with Crippen LogP contribution in [0.15, 0.2) is 47.4 Å². The molecule has 0 aromatic heterocycles. The third-order valence-electron chi connectivity index (χ3n) is 4.54. The molecule has 1 aliphatic rings. The summed E-state index contributed by atoms with van der Waals surface area (Å²) >= 11 is 0. The first kappa shape index (κ1) is 21.2. The molecule has 2 aromatic carbocycles. The second kappa shape index (κ2) is 8.73. The highest BCUT2D eigenvalue weighted by atomic mass is 35.5. The van der Waals surface area contributed by atoms with Crippen LogP contribution in [0, 0.1) is 13.8 Å². The number of nitrogens with one attached hydrogen (secondary N) is 2. The van der Waals surface area contributed by atoms with Crippen molar-refractivity contribution in [1.82, 2.24) is 10.2 Å². The van der Waals surface area contributed by atoms with Gasteiger partial charge in [-0.3, -0.25) is 9.52 Å². The Balaban J connectivity index is 0.00000261. The SMILES string of the molecule is Cc1ccccc1NS(=O)(=O)c1ccc(C)c(C(=O)N2CCNCC2)c1.Cl. The molecule has 27 heavy (non-hydrogen) atoms. The predicted molar refractivity (Wildman–Crippen MR) is 109 cm³/mol. The highest BCUT2D eigenvalue weighted by Crippen LogP contribution is 2.22. The molecule has 8 heteroatoms. The fourth-order valence-electron chi connectivity index (χ4n) is 2.93. The Hall–Kier alpha value is -2.09. The van der Waals surface area contributed by atoms with E-state index in [4.69, 9.17) is 0 Å². The molecule has 0 spiro atoms. The smallest absolute Gasteiger partial charge is 0.261 e. The van der Waals surface area contributed by atoms with Gasteiger partial charge in [0.1, 0.15) is 0 Å². The number of anilines is 1. The molecule has 0 bridgehead atoms. The summed E-state index contributed by atoms with van der Waals surface area (Å²) in [6.07, 6.45) is 0. The predicted octanol–water partition coefficient (Wildman–Crippen LogP) is 2.57. The molecular weight excluding hydrogens is 386 g/mol. The third kappa shape index (κ3) is 4.80. The van der Waals surface area contributed by atoms with Gasteiger partial charge in [-0.25, -0.2) is 8.42 Å². The summed E-state index contributed by atoms with van der Waals surface area (Å²) in [6.45, 7) is 6.40. The number of hydrogen-bond donors (Lipinski definition) is 2. The zero-order valence-electron chi connectivity index (χ0n) is 15.4. The summed E-state index contributed by atoms with van der Waals surface area (Å²) in [5, 5.41) is 3.20. The van der Waals surface area contributed by atoms with Crippen LogP contribution in [0.3, 0.4) is 0 Å². The molecule has 2 aromatic rings. The summed E-state index contributed by atoms with van der Waals surface area (Å²) < 4.78 is 28.1. The van der Waals surface area contributed by atoms with E-state index in [2.05, 4.69) is 10.0 Å². The van der Waals surface area contributed by atoms with Crippen LogP contribution in [0.25, 0.3) is 0 Å². The normalized spacial score (nSPS) is 14.4. The topological polar surface area (TPSA) is 78.5 Å². The van der Waals surface area contributed by atoms with E-state index in [1.54, 1.807) is 23.1 Å². The first-order chi connectivity index (χ1) is 12.4. The molecule has 1 fully saturated rings. The molecule has 1 amide bonds. The van der Waals surface area contributed by atoms with Gasteiger partial charge in [0.25, 0.3) is 15.9 Å². The number of rotatable bonds is 4. The van der Waals surface area contributed by atoms with Crippen LogP contribution in [0.5, 0.6) is 0 Å². The fraction of sp³-hybridized carbons (Fsp3) is 0.316. The second-order valence-electron chi connectivity index (χ2n) is 6.44. The van der Waals surface area contributed by atoms with Crippen molar-refractivity contribution in [3.05, 3.63) is 59.2 Å². The summed E-state index contributed by atoms with van der Waals surface area (Å²) in [5.41, 5.74) is 2.56. The lowest BCUT2D eigenvalue weighted by atomic mass is 10.1. The van der Waals surface area contributed by atoms with Crippen LogP contribution >= 0.6 is 12.4 Å². The van der Waals surface area contributed by atoms with Gasteiger partial charge in [-0.2, -0.15) is 0 Å². The molecule has 1 aliphatic heterocycles. The van der Waals surface area contributed by atoms with Gasteiger partial charge in [0.15, 0.2) is 0 Å². The Bertz CT molecular complexity index is 926. The molecule has 146 valence electrons. The van der Waals surface area contributed by atoms with Gasteiger partial charge >= 0.3 is 0 Å². The molecule has 3 rings (SSSR count). The lowest BCUT2D eigenvalue weighted by Gasteiger charge is -2.28. The first-order valence-corrected chi connectivity index (χ1v) is 10.1. The lowest BCUT2D eigenvalue weighted by molar-refractivity contribution is 0.0735. The van der Waals surface area contributed by atoms with Crippen molar-refractivity contribution in [2.75, 3.05) is 30.9 Å². The van der Waals surface area contributed by atoms with Crippen LogP contribution in [0.4, 0.5) is 5.69 Å². The maximum atomic E-state index is 12.8. The minimum absolute atomic E-state index is 0. The number of nitrogens with zero attached hydrogens (tertiary/aromatic N) is 1. The molecule has 1 heterocycles. The van der Waals surface area contributed by atoms with Crippen molar-refractivity contribution in [2.24, 2.45) is 0 Å². The van der Waals surface area contributed by atoms with Gasteiger partial charge < -0.3 is 10.2 Å². The lowest BCUT2D eigenvalue weighted by Crippen LogP contribution is -2.46. The van der Waals surface area contributed by atoms with Crippen LogP contribution in [0.2, 0.25) is 0 Å². The summed E-state index contributed by atoms with van der Waals surface area (Å²) in [6, 6.07) is 11.9. The van der Waals surface area contributed by atoms with Crippen LogP contribution < -0.4 is 10.0 Å². The van der Waals surface area contributed by atoms with Gasteiger partial charge in [-0.15, -0.1) is 12.4 Å². The van der Waals surface area contributed by atoms with Crippen molar-refractivity contribution in [3.63, 3.8) is 0 Å². The minimum Gasteiger partial charge on any atom is -0.336 e. The number of hydrogen-bond acceptors (Lipinski definition) is 4. The molecule has 0 unspecified atom stereocenters. The fourth-order valence-corrected chi connectivity index (χ4v) is 4.08. The maximum absolute atomic E-state index is 12.8. The number of sulfonamides is 1. The van der Waals surface area contributed by atoms with Crippen molar-refractivity contribution in [3.8, 4) is 0 Å². The van der Waals surface area contributed by atoms with Crippen molar-refractivity contribution < 1.29 is 13.2 Å². The molecule has 0 aliphatic carbocycles. The number of carbonyl (C=O) groups excluding carboxylic acids is 1. The van der Waals surface area contributed by atoms with E-state index < -0.39 is 10.0 Å². The minimum atomic E-state index is -3.77. The van der Waals surface area contributed by atoms with E-state index in [0.717, 1.165) is 24.2 Å². The van der Waals surface area contributed by atoms with Crippen molar-refractivity contribution >= 4 is 34.0 Å². The van der Waals surface area contributed by atoms with Crippen molar-refractivity contribution in [1.29, 1.82) is 0 Å². The van der Waals surface area contributed by atoms with E-state index in [1.165, 1.54) is 12.1 Å². The highest BCUT2D eigenvalue weighted by Gasteiger charge is 2.23. The van der Waals surface area contributed by atoms with E-state index >= 15 is 0 Å². The number of benzene rings is 2. The van der Waals surface area contributed by atoms with E-state index in [9.17, 15) is 13.2 Å². The molecule has 2 N–H and O–H groups in total. The van der Waals surface area contributed by atoms with E-state index in [-0.39, 0.29) is 23.2 Å². The zero-order chi connectivity index (χ0) is 18.7. The van der Waals surface area contributed by atoms with Crippen molar-refractivity contribution in [2.45, 2.75) is 18.7 Å². The average molecular weight is 410 g/mol. The van der Waals surface area contributed by atoms with Gasteiger partial charge in [0, 0.05) is 31.7 Å². The Morgan fingerprint density at radius 2 is 1.70 bits per heavy atom. The van der Waals surface area contributed by atoms with E-state index in [1.807, 2.05) is 26.0 Å². The Labute approximate surface area is 166 Å². The van der Waals surface area contributed by atoms with Gasteiger partial charge in [-0.1, -0.05) is 24.3 Å². The largest absolute Gasteiger partial charge is 0.336 e. The molecule has 1 saturated heterocycles. The molecule has 0 atom stereocenters. The highest BCUT2D eigenvalue weighted by molar-refractivity contribution is 7.92. The summed E-state index contributed by atoms with van der Waals surface area (Å²) in [4.78, 5) is 14.6. The quantitative estimate of drug-likeness (QED) is 0.813. The zero-order valence-corrected chi connectivity index (χ0v) is 17.0. The number of amides is 1. The number of piperazine rings is 1. The van der Waals surface area contributed by atoms with E-state index in [0.29, 0.717) is 24.3 Å². The van der Waals surface area contributed by atoms with Crippen LogP contribution in [-0.4, -0.2) is 45.4 Å². The Morgan fingerprint density at radius 3 is 2.37 bits per heavy atom. The summed E-state index contributed by atoms with van der Waals surface area (Å²) in [7, 11) is -3.77. The average Bonchev–Trinajstić information content (AvgIpc) is 2.64. The van der Waals surface area contributed by atoms with Crippen LogP contribution in [-0.2, 0) is 10.0 Å². The molecule has 0 radical (unpaired) electrons. The maximum Gasteiger partial charge on any atom is 0.261 e. The monoisotopic (exact) mass is 409 g/mol. The number of para-hydroxylation sites is 1. The first-order valence-electron chi connectivity index (χ1n) is 8.57. The molecule has 6 nitrogen and oxygen atoms in total. The molecule has 0 saturated carbocycles. The van der Waals surface area contributed by atoms with Gasteiger partial charge in [-0.05, 0) is 43.2 Å². The summed E-state index contributed by atoms with van der Waals surface area (Å²) in [5.74, 6) is -0.128. The number of aryl methyl sites for hydroxylation is 2.